The largest absolute Gasteiger partial charge is 0.493 e. The zero-order chi connectivity index (χ0) is 28.2. The maximum atomic E-state index is 12.7. The van der Waals surface area contributed by atoms with Crippen LogP contribution >= 0.6 is 0 Å². The zero-order valence-electron chi connectivity index (χ0n) is 22.4. The van der Waals surface area contributed by atoms with Gasteiger partial charge in [-0.15, -0.1) is 0 Å². The molecule has 3 aromatic carbocycles. The van der Waals surface area contributed by atoms with Gasteiger partial charge in [-0.25, -0.2) is 14.4 Å². The molecule has 0 aliphatic rings. The Hall–Kier alpha value is -4.59. The normalized spacial score (nSPS) is 10.3. The third-order valence-electron chi connectivity index (χ3n) is 5.62. The molecule has 0 spiro atoms. The Labute approximate surface area is 228 Å². The Bertz CT molecular complexity index is 1290. The summed E-state index contributed by atoms with van der Waals surface area (Å²) in [6.07, 6.45) is 2.19. The second-order valence-electron chi connectivity index (χ2n) is 8.64. The summed E-state index contributed by atoms with van der Waals surface area (Å²) in [6, 6.07) is 18.2. The van der Waals surface area contributed by atoms with Gasteiger partial charge in [-0.1, -0.05) is 25.6 Å². The van der Waals surface area contributed by atoms with Crippen molar-refractivity contribution in [3.05, 3.63) is 95.6 Å². The summed E-state index contributed by atoms with van der Waals surface area (Å²) in [4.78, 5) is 36.5. The first-order valence-corrected chi connectivity index (χ1v) is 12.6. The number of rotatable bonds is 13. The second-order valence-corrected chi connectivity index (χ2v) is 8.64. The molecular weight excluding hydrogens is 500 g/mol. The van der Waals surface area contributed by atoms with Crippen molar-refractivity contribution in [2.45, 2.75) is 33.1 Å². The Morgan fingerprint density at radius 2 is 1.31 bits per heavy atom. The Morgan fingerprint density at radius 3 is 1.90 bits per heavy atom. The molecule has 0 aliphatic heterocycles. The lowest BCUT2D eigenvalue weighted by atomic mass is 10.2. The zero-order valence-corrected chi connectivity index (χ0v) is 22.4. The maximum absolute atomic E-state index is 12.7. The van der Waals surface area contributed by atoms with Gasteiger partial charge in [0.2, 0.25) is 0 Å². The summed E-state index contributed by atoms with van der Waals surface area (Å²) in [5.74, 6) is 0.0694. The first-order chi connectivity index (χ1) is 18.8. The molecular formula is C31H32O8. The van der Waals surface area contributed by atoms with E-state index in [1.54, 1.807) is 31.2 Å². The number of hydrogen-bond donors (Lipinski definition) is 0. The van der Waals surface area contributed by atoms with Gasteiger partial charge in [0.25, 0.3) is 0 Å². The van der Waals surface area contributed by atoms with Gasteiger partial charge in [0.15, 0.2) is 11.5 Å². The first kappa shape index (κ1) is 29.0. The van der Waals surface area contributed by atoms with Gasteiger partial charge in [0.05, 0.1) is 31.5 Å². The van der Waals surface area contributed by atoms with Gasteiger partial charge in [-0.05, 0) is 86.3 Å². The van der Waals surface area contributed by atoms with Gasteiger partial charge >= 0.3 is 17.9 Å². The van der Waals surface area contributed by atoms with Gasteiger partial charge in [0.1, 0.15) is 11.5 Å². The third-order valence-corrected chi connectivity index (χ3v) is 5.62. The minimum Gasteiger partial charge on any atom is -0.493 e. The maximum Gasteiger partial charge on any atom is 0.343 e. The quantitative estimate of drug-likeness (QED) is 0.115. The van der Waals surface area contributed by atoms with Crippen molar-refractivity contribution in [2.24, 2.45) is 0 Å². The summed E-state index contributed by atoms with van der Waals surface area (Å²) < 4.78 is 27.0. The highest BCUT2D eigenvalue weighted by molar-refractivity contribution is 5.93. The Morgan fingerprint density at radius 1 is 0.744 bits per heavy atom. The second kappa shape index (κ2) is 14.4. The van der Waals surface area contributed by atoms with Crippen LogP contribution in [-0.4, -0.2) is 38.2 Å². The summed E-state index contributed by atoms with van der Waals surface area (Å²) in [5, 5.41) is 0. The highest BCUT2D eigenvalue weighted by Gasteiger charge is 2.15. The van der Waals surface area contributed by atoms with Gasteiger partial charge < -0.3 is 23.7 Å². The molecule has 0 saturated heterocycles. The molecule has 0 fully saturated rings. The number of unbranched alkanes of at least 4 members (excludes halogenated alkanes) is 1. The average molecular weight is 533 g/mol. The fourth-order valence-corrected chi connectivity index (χ4v) is 3.37. The molecule has 0 aromatic heterocycles. The molecule has 0 amide bonds. The van der Waals surface area contributed by atoms with E-state index in [0.717, 1.165) is 12.0 Å². The lowest BCUT2D eigenvalue weighted by molar-refractivity contribution is -0.139. The average Bonchev–Trinajstić information content (AvgIpc) is 2.95. The van der Waals surface area contributed by atoms with E-state index in [1.165, 1.54) is 37.4 Å². The van der Waals surface area contributed by atoms with Crippen LogP contribution in [0.25, 0.3) is 0 Å². The van der Waals surface area contributed by atoms with Crippen molar-refractivity contribution < 1.29 is 38.1 Å². The smallest absolute Gasteiger partial charge is 0.343 e. The fourth-order valence-electron chi connectivity index (χ4n) is 3.37. The minimum atomic E-state index is -0.592. The van der Waals surface area contributed by atoms with Crippen LogP contribution in [0.4, 0.5) is 0 Å². The summed E-state index contributed by atoms with van der Waals surface area (Å²) in [6.45, 7) is 7.84. The van der Waals surface area contributed by atoms with Crippen LogP contribution in [0.2, 0.25) is 0 Å². The number of esters is 3. The summed E-state index contributed by atoms with van der Waals surface area (Å²) in [5.41, 5.74) is 2.11. The van der Waals surface area contributed by atoms with E-state index in [0.29, 0.717) is 47.8 Å². The predicted octanol–water partition coefficient (Wildman–Crippen LogP) is 5.97. The molecule has 0 N–H and O–H groups in total. The molecule has 39 heavy (non-hydrogen) atoms. The molecule has 8 nitrogen and oxygen atoms in total. The van der Waals surface area contributed by atoms with Crippen LogP contribution in [0.1, 0.15) is 53.0 Å². The minimum absolute atomic E-state index is 0.268. The molecule has 0 aliphatic carbocycles. The molecule has 3 rings (SSSR count). The molecule has 204 valence electrons. The molecule has 0 radical (unpaired) electrons. The number of benzene rings is 3. The number of ether oxygens (including phenoxy) is 5. The molecule has 0 heterocycles. The monoisotopic (exact) mass is 532 g/mol. The summed E-state index contributed by atoms with van der Waals surface area (Å²) >= 11 is 0. The molecule has 0 bridgehead atoms. The van der Waals surface area contributed by atoms with E-state index in [-0.39, 0.29) is 17.9 Å². The van der Waals surface area contributed by atoms with Crippen LogP contribution in [0.3, 0.4) is 0 Å². The standard InChI is InChI=1S/C31H32O8/c1-5-22-8-13-25(14-9-22)38-30(33)23-10-15-26(16-11-23)39-31(34)24-12-17-27(28(20-24)35-4)36-18-6-7-19-37-29(32)21(2)3/h8-17,20H,2,5-7,18-19H2,1,3-4H3. The van der Waals surface area contributed by atoms with E-state index < -0.39 is 17.9 Å². The van der Waals surface area contributed by atoms with Gasteiger partial charge in [-0.3, -0.25) is 0 Å². The van der Waals surface area contributed by atoms with Crippen molar-refractivity contribution in [1.82, 2.24) is 0 Å². The van der Waals surface area contributed by atoms with Crippen molar-refractivity contribution in [1.29, 1.82) is 0 Å². The van der Waals surface area contributed by atoms with Crippen LogP contribution in [0.5, 0.6) is 23.0 Å². The Balaban J connectivity index is 1.51. The van der Waals surface area contributed by atoms with Crippen LogP contribution in [-0.2, 0) is 16.0 Å². The number of carbonyl (C=O) groups excluding carboxylic acids is 3. The number of hydrogen-bond acceptors (Lipinski definition) is 8. The molecule has 0 saturated carbocycles. The highest BCUT2D eigenvalue weighted by atomic mass is 16.5. The Kier molecular flexibility index (Phi) is 10.7. The van der Waals surface area contributed by atoms with Crippen molar-refractivity contribution in [3.8, 4) is 23.0 Å². The third kappa shape index (κ3) is 8.74. The van der Waals surface area contributed by atoms with Crippen molar-refractivity contribution in [2.75, 3.05) is 20.3 Å². The SMILES string of the molecule is C=C(C)C(=O)OCCCCOc1ccc(C(=O)Oc2ccc(C(=O)Oc3ccc(CC)cc3)cc2)cc1OC. The fraction of sp³-hybridized carbons (Fsp3) is 0.258. The lowest BCUT2D eigenvalue weighted by Gasteiger charge is -2.12. The van der Waals surface area contributed by atoms with Gasteiger partial charge in [0, 0.05) is 5.57 Å². The van der Waals surface area contributed by atoms with E-state index >= 15 is 0 Å². The van der Waals surface area contributed by atoms with Crippen molar-refractivity contribution in [3.63, 3.8) is 0 Å². The number of aryl methyl sites for hydroxylation is 1. The van der Waals surface area contributed by atoms with E-state index in [2.05, 4.69) is 13.5 Å². The highest BCUT2D eigenvalue weighted by Crippen LogP contribution is 2.29. The molecule has 8 heteroatoms. The van der Waals surface area contributed by atoms with Crippen LogP contribution in [0.15, 0.2) is 78.9 Å². The lowest BCUT2D eigenvalue weighted by Crippen LogP contribution is -2.11. The van der Waals surface area contributed by atoms with E-state index in [1.807, 2.05) is 12.1 Å². The molecule has 3 aromatic rings. The van der Waals surface area contributed by atoms with Crippen LogP contribution < -0.4 is 18.9 Å². The topological polar surface area (TPSA) is 97.4 Å². The first-order valence-electron chi connectivity index (χ1n) is 12.6. The van der Waals surface area contributed by atoms with E-state index in [4.69, 9.17) is 23.7 Å². The van der Waals surface area contributed by atoms with Crippen molar-refractivity contribution >= 4 is 17.9 Å². The van der Waals surface area contributed by atoms with E-state index in [9.17, 15) is 14.4 Å². The summed E-state index contributed by atoms with van der Waals surface area (Å²) in [7, 11) is 1.48. The molecule has 0 atom stereocenters. The number of carbonyl (C=O) groups is 3. The molecule has 0 unspecified atom stereocenters. The predicted molar refractivity (Wildman–Crippen MR) is 146 cm³/mol. The van der Waals surface area contributed by atoms with Gasteiger partial charge in [-0.2, -0.15) is 0 Å². The number of methoxy groups -OCH3 is 1. The van der Waals surface area contributed by atoms with Crippen LogP contribution in [0, 0.1) is 0 Å².